The summed E-state index contributed by atoms with van der Waals surface area (Å²) in [6.45, 7) is -0.627. The van der Waals surface area contributed by atoms with Gasteiger partial charge >= 0.3 is 5.97 Å². The van der Waals surface area contributed by atoms with Gasteiger partial charge in [-0.05, 0) is 30.3 Å². The van der Waals surface area contributed by atoms with Crippen molar-refractivity contribution in [2.24, 2.45) is 0 Å². The molecule has 1 aliphatic rings. The number of hydrogen-bond acceptors (Lipinski definition) is 6. The largest absolute Gasteiger partial charge is 0.495 e. The van der Waals surface area contributed by atoms with Crippen LogP contribution in [0.25, 0.3) is 0 Å². The molecule has 0 saturated carbocycles. The molecule has 0 saturated heterocycles. The van der Waals surface area contributed by atoms with Crippen LogP contribution >= 0.6 is 23.2 Å². The molecule has 1 N–H and O–H groups in total. The summed E-state index contributed by atoms with van der Waals surface area (Å²) in [6, 6.07) is 13.7. The molecule has 166 valence electrons. The van der Waals surface area contributed by atoms with Crippen LogP contribution in [0.5, 0.6) is 5.75 Å². The minimum atomic E-state index is -0.921. The van der Waals surface area contributed by atoms with E-state index in [-0.39, 0.29) is 38.6 Å². The van der Waals surface area contributed by atoms with Crippen LogP contribution in [0.1, 0.15) is 42.2 Å². The molecular weight excluding hydrogens is 469 g/mol. The molecule has 0 aromatic heterocycles. The highest BCUT2D eigenvalue weighted by Gasteiger charge is 2.33. The molecule has 1 amide bonds. The van der Waals surface area contributed by atoms with E-state index in [2.05, 4.69) is 5.32 Å². The van der Waals surface area contributed by atoms with Gasteiger partial charge in [0, 0.05) is 21.7 Å². The molecular formula is C24H15Cl2NO6. The van der Waals surface area contributed by atoms with E-state index in [9.17, 15) is 19.2 Å². The predicted octanol–water partition coefficient (Wildman–Crippen LogP) is 4.57. The SMILES string of the molecule is COc1ccc(Cl)cc1NC(=O)COC(=O)c1ccc2c(c1Cl)C(=O)c1ccccc1C2=O. The maximum Gasteiger partial charge on any atom is 0.340 e. The summed E-state index contributed by atoms with van der Waals surface area (Å²) in [4.78, 5) is 50.5. The Hall–Kier alpha value is -3.68. The first-order valence-corrected chi connectivity index (χ1v) is 10.4. The number of fused-ring (bicyclic) bond motifs is 2. The van der Waals surface area contributed by atoms with Gasteiger partial charge in [-0.1, -0.05) is 47.5 Å². The van der Waals surface area contributed by atoms with E-state index in [0.29, 0.717) is 16.5 Å². The van der Waals surface area contributed by atoms with Crippen molar-refractivity contribution in [3.8, 4) is 5.75 Å². The van der Waals surface area contributed by atoms with E-state index in [4.69, 9.17) is 32.7 Å². The summed E-state index contributed by atoms with van der Waals surface area (Å²) in [5.41, 5.74) is 0.686. The number of halogens is 2. The lowest BCUT2D eigenvalue weighted by molar-refractivity contribution is -0.119. The van der Waals surface area contributed by atoms with Crippen LogP contribution in [-0.2, 0) is 9.53 Å². The third kappa shape index (κ3) is 4.20. The Morgan fingerprint density at radius 2 is 1.61 bits per heavy atom. The van der Waals surface area contributed by atoms with Crippen LogP contribution in [0.2, 0.25) is 10.0 Å². The zero-order chi connectivity index (χ0) is 23.7. The Balaban J connectivity index is 1.52. The molecule has 3 aromatic carbocycles. The lowest BCUT2D eigenvalue weighted by Gasteiger charge is -2.19. The Bertz CT molecular complexity index is 1330. The van der Waals surface area contributed by atoms with Crippen molar-refractivity contribution in [3.05, 3.63) is 92.5 Å². The number of carbonyl (C=O) groups is 4. The van der Waals surface area contributed by atoms with Crippen molar-refractivity contribution in [2.45, 2.75) is 0 Å². The third-order valence-corrected chi connectivity index (χ3v) is 5.65. The fraction of sp³-hybridized carbons (Fsp3) is 0.0833. The lowest BCUT2D eigenvalue weighted by atomic mass is 9.83. The van der Waals surface area contributed by atoms with Crippen LogP contribution in [0.3, 0.4) is 0 Å². The Labute approximate surface area is 198 Å². The molecule has 4 rings (SSSR count). The number of anilines is 1. The van der Waals surface area contributed by atoms with E-state index >= 15 is 0 Å². The second-order valence-electron chi connectivity index (χ2n) is 7.02. The predicted molar refractivity (Wildman–Crippen MR) is 122 cm³/mol. The zero-order valence-electron chi connectivity index (χ0n) is 17.1. The summed E-state index contributed by atoms with van der Waals surface area (Å²) < 4.78 is 10.2. The van der Waals surface area contributed by atoms with Gasteiger partial charge in [0.2, 0.25) is 0 Å². The van der Waals surface area contributed by atoms with Crippen LogP contribution in [0.15, 0.2) is 54.6 Å². The summed E-state index contributed by atoms with van der Waals surface area (Å²) in [5, 5.41) is 2.71. The summed E-state index contributed by atoms with van der Waals surface area (Å²) >= 11 is 12.3. The molecule has 0 heterocycles. The molecule has 0 fully saturated rings. The second kappa shape index (κ2) is 9.05. The number of hydrogen-bond donors (Lipinski definition) is 1. The molecule has 7 nitrogen and oxygen atoms in total. The minimum Gasteiger partial charge on any atom is -0.495 e. The molecule has 9 heteroatoms. The Morgan fingerprint density at radius 3 is 2.30 bits per heavy atom. The fourth-order valence-electron chi connectivity index (χ4n) is 3.48. The van der Waals surface area contributed by atoms with E-state index in [1.807, 2.05) is 0 Å². The Morgan fingerprint density at radius 1 is 0.909 bits per heavy atom. The topological polar surface area (TPSA) is 98.8 Å². The molecule has 0 bridgehead atoms. The average molecular weight is 484 g/mol. The van der Waals surface area contributed by atoms with Crippen molar-refractivity contribution in [2.75, 3.05) is 19.0 Å². The normalized spacial score (nSPS) is 12.0. The quantitative estimate of drug-likeness (QED) is 0.417. The standard InChI is InChI=1S/C24H15Cl2NO6/c1-32-18-9-6-12(25)10-17(18)27-19(28)11-33-24(31)16-8-7-15-20(21(16)26)23(30)14-5-3-2-4-13(14)22(15)29/h2-10H,11H2,1H3,(H,27,28). The zero-order valence-corrected chi connectivity index (χ0v) is 18.6. The first-order valence-electron chi connectivity index (χ1n) is 9.63. The van der Waals surface area contributed by atoms with Gasteiger partial charge < -0.3 is 14.8 Å². The van der Waals surface area contributed by atoms with Gasteiger partial charge in [0.25, 0.3) is 5.91 Å². The molecule has 1 aliphatic carbocycles. The number of methoxy groups -OCH3 is 1. The molecule has 0 radical (unpaired) electrons. The first kappa shape index (κ1) is 22.5. The minimum absolute atomic E-state index is 0.0667. The van der Waals surface area contributed by atoms with E-state index in [0.717, 1.165) is 0 Å². The monoisotopic (exact) mass is 483 g/mol. The van der Waals surface area contributed by atoms with Gasteiger partial charge in [-0.15, -0.1) is 0 Å². The van der Waals surface area contributed by atoms with Gasteiger partial charge in [-0.25, -0.2) is 4.79 Å². The number of benzene rings is 3. The van der Waals surface area contributed by atoms with Crippen LogP contribution < -0.4 is 10.1 Å². The van der Waals surface area contributed by atoms with Crippen LogP contribution in [0, 0.1) is 0 Å². The highest BCUT2D eigenvalue weighted by Crippen LogP contribution is 2.34. The maximum absolute atomic E-state index is 12.9. The molecule has 0 spiro atoms. The molecule has 0 aliphatic heterocycles. The summed E-state index contributed by atoms with van der Waals surface area (Å²) in [6.07, 6.45) is 0. The average Bonchev–Trinajstić information content (AvgIpc) is 2.81. The summed E-state index contributed by atoms with van der Waals surface area (Å²) in [7, 11) is 1.43. The van der Waals surface area contributed by atoms with Crippen molar-refractivity contribution in [1.82, 2.24) is 0 Å². The van der Waals surface area contributed by atoms with Gasteiger partial charge in [0.1, 0.15) is 5.75 Å². The number of rotatable bonds is 5. The van der Waals surface area contributed by atoms with Crippen LogP contribution in [-0.4, -0.2) is 37.2 Å². The second-order valence-corrected chi connectivity index (χ2v) is 7.84. The molecule has 3 aromatic rings. The fourth-order valence-corrected chi connectivity index (χ4v) is 3.98. The van der Waals surface area contributed by atoms with Crippen molar-refractivity contribution >= 4 is 52.3 Å². The number of esters is 1. The number of ether oxygens (including phenoxy) is 2. The number of ketones is 2. The summed E-state index contributed by atoms with van der Waals surface area (Å²) in [5.74, 6) is -2.02. The van der Waals surface area contributed by atoms with E-state index in [1.165, 1.54) is 31.4 Å². The molecule has 33 heavy (non-hydrogen) atoms. The van der Waals surface area contributed by atoms with Gasteiger partial charge in [-0.2, -0.15) is 0 Å². The molecule has 0 unspecified atom stereocenters. The highest BCUT2D eigenvalue weighted by atomic mass is 35.5. The maximum atomic E-state index is 12.9. The van der Waals surface area contributed by atoms with Crippen molar-refractivity contribution < 1.29 is 28.7 Å². The van der Waals surface area contributed by atoms with Gasteiger partial charge in [0.05, 0.1) is 28.9 Å². The van der Waals surface area contributed by atoms with Crippen molar-refractivity contribution in [3.63, 3.8) is 0 Å². The molecule has 0 atom stereocenters. The smallest absolute Gasteiger partial charge is 0.340 e. The van der Waals surface area contributed by atoms with Crippen LogP contribution in [0.4, 0.5) is 5.69 Å². The first-order chi connectivity index (χ1) is 15.8. The number of carbonyl (C=O) groups excluding carboxylic acids is 4. The van der Waals surface area contributed by atoms with E-state index in [1.54, 1.807) is 30.3 Å². The highest BCUT2D eigenvalue weighted by molar-refractivity contribution is 6.41. The van der Waals surface area contributed by atoms with Gasteiger partial charge in [0.15, 0.2) is 18.2 Å². The number of nitrogens with one attached hydrogen (secondary N) is 1. The Kier molecular flexibility index (Phi) is 6.18. The third-order valence-electron chi connectivity index (χ3n) is 5.02. The number of amides is 1. The van der Waals surface area contributed by atoms with Gasteiger partial charge in [-0.3, -0.25) is 14.4 Å². The lowest BCUT2D eigenvalue weighted by Crippen LogP contribution is -2.24. The van der Waals surface area contributed by atoms with E-state index < -0.39 is 24.3 Å². The van der Waals surface area contributed by atoms with Crippen molar-refractivity contribution in [1.29, 1.82) is 0 Å².